The summed E-state index contributed by atoms with van der Waals surface area (Å²) < 4.78 is 4.94. The third-order valence-corrected chi connectivity index (χ3v) is 2.63. The van der Waals surface area contributed by atoms with Crippen molar-refractivity contribution in [3.8, 4) is 0 Å². The maximum absolute atomic E-state index is 11.9. The minimum atomic E-state index is 0.0875. The Labute approximate surface area is 102 Å². The Hall–Kier alpha value is -1.39. The van der Waals surface area contributed by atoms with Gasteiger partial charge in [-0.25, -0.2) is 0 Å². The van der Waals surface area contributed by atoms with Crippen LogP contribution in [0.3, 0.4) is 0 Å². The van der Waals surface area contributed by atoms with Crippen molar-refractivity contribution in [3.05, 3.63) is 11.7 Å². The Balaban J connectivity index is 2.41. The van der Waals surface area contributed by atoms with Crippen LogP contribution in [0.25, 0.3) is 0 Å². The molecule has 0 fully saturated rings. The van der Waals surface area contributed by atoms with Crippen molar-refractivity contribution < 1.29 is 9.32 Å². The van der Waals surface area contributed by atoms with E-state index in [0.29, 0.717) is 18.3 Å². The third-order valence-electron chi connectivity index (χ3n) is 2.63. The van der Waals surface area contributed by atoms with Gasteiger partial charge in [-0.2, -0.15) is 4.98 Å². The SMILES string of the molecule is CCCC(CCC)C(=O)NCc1nc(C)no1. The number of nitrogens with one attached hydrogen (secondary N) is 1. The summed E-state index contributed by atoms with van der Waals surface area (Å²) in [6, 6.07) is 0. The van der Waals surface area contributed by atoms with Crippen molar-refractivity contribution in [2.24, 2.45) is 5.92 Å². The number of aromatic nitrogens is 2. The van der Waals surface area contributed by atoms with Crippen LogP contribution in [0.15, 0.2) is 4.52 Å². The summed E-state index contributed by atoms with van der Waals surface area (Å²) in [7, 11) is 0. The van der Waals surface area contributed by atoms with Gasteiger partial charge in [-0.05, 0) is 19.8 Å². The maximum atomic E-state index is 11.9. The van der Waals surface area contributed by atoms with Crippen molar-refractivity contribution in [1.29, 1.82) is 0 Å². The van der Waals surface area contributed by atoms with Gasteiger partial charge in [-0.1, -0.05) is 31.8 Å². The quantitative estimate of drug-likeness (QED) is 0.792. The Morgan fingerprint density at radius 1 is 1.35 bits per heavy atom. The van der Waals surface area contributed by atoms with E-state index in [1.54, 1.807) is 6.92 Å². The predicted molar refractivity (Wildman–Crippen MR) is 64.2 cm³/mol. The summed E-state index contributed by atoms with van der Waals surface area (Å²) in [6.45, 7) is 6.27. The maximum Gasteiger partial charge on any atom is 0.246 e. The lowest BCUT2D eigenvalue weighted by Gasteiger charge is -2.14. The lowest BCUT2D eigenvalue weighted by molar-refractivity contribution is -0.125. The van der Waals surface area contributed by atoms with E-state index in [0.717, 1.165) is 25.7 Å². The van der Waals surface area contributed by atoms with Crippen molar-refractivity contribution in [3.63, 3.8) is 0 Å². The zero-order valence-corrected chi connectivity index (χ0v) is 10.8. The van der Waals surface area contributed by atoms with E-state index < -0.39 is 0 Å². The van der Waals surface area contributed by atoms with E-state index in [2.05, 4.69) is 29.3 Å². The monoisotopic (exact) mass is 239 g/mol. The molecular weight excluding hydrogens is 218 g/mol. The molecule has 0 aliphatic heterocycles. The fourth-order valence-electron chi connectivity index (χ4n) is 1.82. The van der Waals surface area contributed by atoms with Crippen LogP contribution in [0, 0.1) is 12.8 Å². The minimum Gasteiger partial charge on any atom is -0.347 e. The van der Waals surface area contributed by atoms with Gasteiger partial charge in [0.15, 0.2) is 5.82 Å². The van der Waals surface area contributed by atoms with Gasteiger partial charge < -0.3 is 9.84 Å². The molecule has 1 N–H and O–H groups in total. The molecule has 1 aromatic rings. The van der Waals surface area contributed by atoms with Crippen molar-refractivity contribution >= 4 is 5.91 Å². The second kappa shape index (κ2) is 7.04. The van der Waals surface area contributed by atoms with Crippen LogP contribution in [-0.4, -0.2) is 16.0 Å². The molecule has 1 amide bonds. The molecule has 0 spiro atoms. The molecule has 0 atom stereocenters. The normalized spacial score (nSPS) is 10.8. The molecule has 0 saturated carbocycles. The third kappa shape index (κ3) is 4.54. The molecule has 0 bridgehead atoms. The first-order valence-corrected chi connectivity index (χ1v) is 6.24. The fraction of sp³-hybridized carbons (Fsp3) is 0.750. The van der Waals surface area contributed by atoms with E-state index in [-0.39, 0.29) is 11.8 Å². The first-order valence-electron chi connectivity index (χ1n) is 6.24. The lowest BCUT2D eigenvalue weighted by Crippen LogP contribution is -2.30. The van der Waals surface area contributed by atoms with Gasteiger partial charge in [0.05, 0.1) is 6.54 Å². The van der Waals surface area contributed by atoms with Gasteiger partial charge in [0.25, 0.3) is 0 Å². The molecule has 0 radical (unpaired) electrons. The average Bonchev–Trinajstić information content (AvgIpc) is 2.72. The highest BCUT2D eigenvalue weighted by atomic mass is 16.5. The second-order valence-corrected chi connectivity index (χ2v) is 4.23. The number of amides is 1. The number of hydrogen-bond acceptors (Lipinski definition) is 4. The fourth-order valence-corrected chi connectivity index (χ4v) is 1.82. The first kappa shape index (κ1) is 13.7. The highest BCUT2D eigenvalue weighted by Crippen LogP contribution is 2.13. The lowest BCUT2D eigenvalue weighted by atomic mass is 9.97. The van der Waals surface area contributed by atoms with Crippen LogP contribution in [0.4, 0.5) is 0 Å². The van der Waals surface area contributed by atoms with E-state index in [1.807, 2.05) is 0 Å². The number of carbonyl (C=O) groups is 1. The summed E-state index contributed by atoms with van der Waals surface area (Å²) in [5.74, 6) is 1.24. The molecule has 0 aromatic carbocycles. The summed E-state index contributed by atoms with van der Waals surface area (Å²) in [6.07, 6.45) is 3.92. The van der Waals surface area contributed by atoms with Gasteiger partial charge in [-0.15, -0.1) is 0 Å². The molecule has 96 valence electrons. The molecule has 0 aliphatic rings. The zero-order chi connectivity index (χ0) is 12.7. The summed E-state index contributed by atoms with van der Waals surface area (Å²) >= 11 is 0. The average molecular weight is 239 g/mol. The van der Waals surface area contributed by atoms with Crippen LogP contribution in [0.5, 0.6) is 0 Å². The van der Waals surface area contributed by atoms with Crippen LogP contribution >= 0.6 is 0 Å². The van der Waals surface area contributed by atoms with Crippen molar-refractivity contribution in [1.82, 2.24) is 15.5 Å². The van der Waals surface area contributed by atoms with Gasteiger partial charge in [0.2, 0.25) is 11.8 Å². The number of aryl methyl sites for hydroxylation is 1. The molecule has 0 aliphatic carbocycles. The van der Waals surface area contributed by atoms with Gasteiger partial charge in [-0.3, -0.25) is 4.79 Å². The van der Waals surface area contributed by atoms with Crippen LogP contribution in [0.1, 0.15) is 51.2 Å². The highest BCUT2D eigenvalue weighted by molar-refractivity contribution is 5.78. The number of hydrogen-bond donors (Lipinski definition) is 1. The topological polar surface area (TPSA) is 68.0 Å². The number of rotatable bonds is 7. The molecule has 1 heterocycles. The van der Waals surface area contributed by atoms with E-state index in [4.69, 9.17) is 4.52 Å². The van der Waals surface area contributed by atoms with Gasteiger partial charge in [0, 0.05) is 5.92 Å². The summed E-state index contributed by atoms with van der Waals surface area (Å²) in [5, 5.41) is 6.52. The molecule has 1 rings (SSSR count). The Morgan fingerprint density at radius 2 is 2.00 bits per heavy atom. The highest BCUT2D eigenvalue weighted by Gasteiger charge is 2.16. The molecule has 5 nitrogen and oxygen atoms in total. The molecule has 0 unspecified atom stereocenters. The van der Waals surface area contributed by atoms with Crippen LogP contribution in [0.2, 0.25) is 0 Å². The van der Waals surface area contributed by atoms with Crippen molar-refractivity contribution in [2.45, 2.75) is 53.0 Å². The van der Waals surface area contributed by atoms with Crippen LogP contribution in [-0.2, 0) is 11.3 Å². The minimum absolute atomic E-state index is 0.0875. The predicted octanol–water partition coefficient (Wildman–Crippen LogP) is 2.21. The van der Waals surface area contributed by atoms with E-state index in [1.165, 1.54) is 0 Å². The smallest absolute Gasteiger partial charge is 0.246 e. The van der Waals surface area contributed by atoms with Crippen molar-refractivity contribution in [2.75, 3.05) is 0 Å². The van der Waals surface area contributed by atoms with E-state index >= 15 is 0 Å². The summed E-state index contributed by atoms with van der Waals surface area (Å²) in [5.41, 5.74) is 0. The second-order valence-electron chi connectivity index (χ2n) is 4.23. The molecule has 17 heavy (non-hydrogen) atoms. The Kier molecular flexibility index (Phi) is 5.66. The Morgan fingerprint density at radius 3 is 2.47 bits per heavy atom. The zero-order valence-electron chi connectivity index (χ0n) is 10.8. The number of carbonyl (C=O) groups excluding carboxylic acids is 1. The Bertz CT molecular complexity index is 343. The van der Waals surface area contributed by atoms with Gasteiger partial charge >= 0.3 is 0 Å². The molecule has 5 heteroatoms. The molecular formula is C12H21N3O2. The van der Waals surface area contributed by atoms with Gasteiger partial charge in [0.1, 0.15) is 0 Å². The van der Waals surface area contributed by atoms with E-state index in [9.17, 15) is 4.79 Å². The molecule has 1 aromatic heterocycles. The standard InChI is InChI=1S/C12H21N3O2/c1-4-6-10(7-5-2)12(16)13-8-11-14-9(3)15-17-11/h10H,4-8H2,1-3H3,(H,13,16). The number of nitrogens with zero attached hydrogens (tertiary/aromatic N) is 2. The summed E-state index contributed by atoms with van der Waals surface area (Å²) in [4.78, 5) is 15.9. The van der Waals surface area contributed by atoms with Crippen LogP contribution < -0.4 is 5.32 Å². The first-order chi connectivity index (χ1) is 8.17. The molecule has 0 saturated heterocycles. The largest absolute Gasteiger partial charge is 0.347 e.